The van der Waals surface area contributed by atoms with Gasteiger partial charge in [0.05, 0.1) is 24.1 Å². The number of carbonyl (C=O) groups excluding carboxylic acids is 4. The number of hydrogen-bond acceptors (Lipinski definition) is 10. The first-order valence-corrected chi connectivity index (χ1v) is 16.3. The van der Waals surface area contributed by atoms with Gasteiger partial charge >= 0.3 is 12.1 Å². The minimum atomic E-state index is -0.925. The lowest BCUT2D eigenvalue weighted by Gasteiger charge is -2.33. The lowest BCUT2D eigenvalue weighted by atomic mass is 10.0. The van der Waals surface area contributed by atoms with Gasteiger partial charge in [-0.05, 0) is 64.2 Å². The monoisotopic (exact) mass is 658 g/mol. The minimum absolute atomic E-state index is 0.0681. The number of benzene rings is 1. The van der Waals surface area contributed by atoms with Crippen LogP contribution in [0, 0.1) is 10.1 Å². The normalized spacial score (nSPS) is 15.9. The van der Waals surface area contributed by atoms with Crippen molar-refractivity contribution in [1.82, 2.24) is 15.1 Å². The Balaban J connectivity index is 1.37. The molecule has 1 fully saturated rings. The topological polar surface area (TPSA) is 158 Å². The van der Waals surface area contributed by atoms with Gasteiger partial charge in [0.15, 0.2) is 0 Å². The summed E-state index contributed by atoms with van der Waals surface area (Å²) in [7, 11) is 0. The van der Waals surface area contributed by atoms with E-state index in [9.17, 15) is 29.3 Å². The third-order valence-corrected chi connectivity index (χ3v) is 8.85. The molecule has 2 aliphatic heterocycles. The van der Waals surface area contributed by atoms with Gasteiger partial charge in [0, 0.05) is 54.5 Å². The van der Waals surface area contributed by atoms with Gasteiger partial charge in [-0.1, -0.05) is 12.1 Å². The molecule has 3 amide bonds. The largest absolute Gasteiger partial charge is 0.466 e. The maximum Gasteiger partial charge on any atom is 0.410 e. The number of nitro benzene ring substituents is 1. The van der Waals surface area contributed by atoms with Crippen molar-refractivity contribution in [3.05, 3.63) is 61.3 Å². The standard InChI is InChI=1S/C32H42N4O9S/c1-5-43-29(38)18-25-17-22-19-35(15-12-27(22)46-25)30(39)26(16-21-6-8-23(9-7-21)36(41)42)33-28(37)20-44-24-10-13-34(14-11-24)31(40)45-32(2,3)4/h6-9,17,24,26H,5,10-16,18-20H2,1-4H3,(H,33,37)/t26-/m0/s1. The second-order valence-electron chi connectivity index (χ2n) is 12.4. The highest BCUT2D eigenvalue weighted by Crippen LogP contribution is 2.29. The van der Waals surface area contributed by atoms with Gasteiger partial charge in [-0.2, -0.15) is 0 Å². The van der Waals surface area contributed by atoms with E-state index >= 15 is 0 Å². The Morgan fingerprint density at radius 1 is 1.09 bits per heavy atom. The van der Waals surface area contributed by atoms with E-state index < -0.39 is 22.5 Å². The summed E-state index contributed by atoms with van der Waals surface area (Å²) in [6.07, 6.45) is 1.43. The molecule has 2 aromatic rings. The maximum absolute atomic E-state index is 13.8. The minimum Gasteiger partial charge on any atom is -0.466 e. The number of fused-ring (bicyclic) bond motifs is 1. The van der Waals surface area contributed by atoms with Crippen molar-refractivity contribution in [1.29, 1.82) is 0 Å². The molecule has 1 atom stereocenters. The molecule has 1 aromatic heterocycles. The highest BCUT2D eigenvalue weighted by molar-refractivity contribution is 7.12. The predicted molar refractivity (Wildman–Crippen MR) is 169 cm³/mol. The average Bonchev–Trinajstić information content (AvgIpc) is 3.40. The van der Waals surface area contributed by atoms with Gasteiger partial charge in [-0.15, -0.1) is 11.3 Å². The summed E-state index contributed by atoms with van der Waals surface area (Å²) in [5.41, 5.74) is 0.967. The van der Waals surface area contributed by atoms with E-state index in [1.165, 1.54) is 12.1 Å². The van der Waals surface area contributed by atoms with Crippen molar-refractivity contribution in [3.8, 4) is 0 Å². The number of non-ortho nitro benzene ring substituents is 1. The molecule has 1 saturated heterocycles. The average molecular weight is 659 g/mol. The lowest BCUT2D eigenvalue weighted by molar-refractivity contribution is -0.384. The summed E-state index contributed by atoms with van der Waals surface area (Å²) in [6, 6.07) is 6.90. The van der Waals surface area contributed by atoms with Crippen LogP contribution >= 0.6 is 11.3 Å². The van der Waals surface area contributed by atoms with Gasteiger partial charge in [-0.3, -0.25) is 24.5 Å². The van der Waals surface area contributed by atoms with Crippen molar-refractivity contribution in [2.75, 3.05) is 32.8 Å². The zero-order valence-corrected chi connectivity index (χ0v) is 27.6. The van der Waals surface area contributed by atoms with E-state index in [1.807, 2.05) is 26.8 Å². The molecule has 4 rings (SSSR count). The molecule has 14 heteroatoms. The summed E-state index contributed by atoms with van der Waals surface area (Å²) >= 11 is 1.54. The van der Waals surface area contributed by atoms with Crippen LogP contribution in [-0.4, -0.2) is 89.2 Å². The number of hydrogen-bond donors (Lipinski definition) is 1. The zero-order chi connectivity index (χ0) is 33.4. The summed E-state index contributed by atoms with van der Waals surface area (Å²) in [4.78, 5) is 67.2. The van der Waals surface area contributed by atoms with Gasteiger partial charge in [-0.25, -0.2) is 4.79 Å². The number of rotatable bonds is 11. The third kappa shape index (κ3) is 9.98. The highest BCUT2D eigenvalue weighted by Gasteiger charge is 2.31. The third-order valence-electron chi connectivity index (χ3n) is 7.62. The Bertz CT molecular complexity index is 1410. The van der Waals surface area contributed by atoms with Crippen molar-refractivity contribution < 1.29 is 38.3 Å². The van der Waals surface area contributed by atoms with Crippen molar-refractivity contribution in [2.45, 2.75) is 84.1 Å². The quantitative estimate of drug-likeness (QED) is 0.216. The van der Waals surface area contributed by atoms with E-state index in [4.69, 9.17) is 14.2 Å². The fraction of sp³-hybridized carbons (Fsp3) is 0.562. The second kappa shape index (κ2) is 15.5. The molecule has 0 spiro atoms. The predicted octanol–water partition coefficient (Wildman–Crippen LogP) is 3.79. The van der Waals surface area contributed by atoms with Gasteiger partial charge in [0.2, 0.25) is 11.8 Å². The molecule has 0 aliphatic carbocycles. The molecule has 2 aliphatic rings. The van der Waals surface area contributed by atoms with Crippen LogP contribution in [0.25, 0.3) is 0 Å². The maximum atomic E-state index is 13.8. The Morgan fingerprint density at radius 3 is 2.41 bits per heavy atom. The van der Waals surface area contributed by atoms with Gasteiger partial charge < -0.3 is 29.3 Å². The van der Waals surface area contributed by atoms with E-state index in [1.54, 1.807) is 40.2 Å². The molecule has 1 N–H and O–H groups in total. The first kappa shape index (κ1) is 34.8. The van der Waals surface area contributed by atoms with Crippen LogP contribution < -0.4 is 5.32 Å². The molecule has 13 nitrogen and oxygen atoms in total. The van der Waals surface area contributed by atoms with E-state index in [2.05, 4.69) is 5.32 Å². The van der Waals surface area contributed by atoms with Crippen molar-refractivity contribution in [2.24, 2.45) is 0 Å². The van der Waals surface area contributed by atoms with Crippen molar-refractivity contribution in [3.63, 3.8) is 0 Å². The Hall–Kier alpha value is -4.04. The molecule has 0 unspecified atom stereocenters. The fourth-order valence-electron chi connectivity index (χ4n) is 5.40. The Morgan fingerprint density at radius 2 is 1.78 bits per heavy atom. The molecule has 3 heterocycles. The molecule has 0 radical (unpaired) electrons. The van der Waals surface area contributed by atoms with Crippen molar-refractivity contribution >= 4 is 40.9 Å². The van der Waals surface area contributed by atoms with Crippen LogP contribution in [0.1, 0.15) is 61.4 Å². The summed E-state index contributed by atoms with van der Waals surface area (Å²) in [6.45, 7) is 8.94. The number of esters is 1. The number of likely N-dealkylation sites (tertiary alicyclic amines) is 1. The summed E-state index contributed by atoms with van der Waals surface area (Å²) in [5.74, 6) is -1.03. The Kier molecular flexibility index (Phi) is 11.7. The highest BCUT2D eigenvalue weighted by atomic mass is 32.1. The van der Waals surface area contributed by atoms with Crippen LogP contribution in [0.2, 0.25) is 0 Å². The SMILES string of the molecule is CCOC(=O)Cc1cc2c(s1)CCN(C(=O)[C@H](Cc1ccc([N+](=O)[O-])cc1)NC(=O)COC1CCN(C(=O)OC(C)(C)C)CC1)C2. The number of nitrogens with zero attached hydrogens (tertiary/aromatic N) is 3. The molecule has 1 aromatic carbocycles. The number of piperidine rings is 1. The molecular weight excluding hydrogens is 616 g/mol. The molecule has 250 valence electrons. The van der Waals surface area contributed by atoms with Gasteiger partial charge in [0.25, 0.3) is 5.69 Å². The van der Waals surface area contributed by atoms with Crippen LogP contribution in [0.3, 0.4) is 0 Å². The smallest absolute Gasteiger partial charge is 0.410 e. The second-order valence-corrected chi connectivity index (χ2v) is 13.6. The number of amides is 3. The van der Waals surface area contributed by atoms with Crippen LogP contribution in [-0.2, 0) is 54.4 Å². The molecule has 0 bridgehead atoms. The number of nitro groups is 1. The Labute approximate surface area is 272 Å². The molecule has 0 saturated carbocycles. The number of thiophene rings is 1. The van der Waals surface area contributed by atoms with Crippen LogP contribution in [0.15, 0.2) is 30.3 Å². The van der Waals surface area contributed by atoms with Crippen LogP contribution in [0.4, 0.5) is 10.5 Å². The number of nitrogens with one attached hydrogen (secondary N) is 1. The summed E-state index contributed by atoms with van der Waals surface area (Å²) in [5, 5.41) is 14.0. The van der Waals surface area contributed by atoms with Gasteiger partial charge in [0.1, 0.15) is 18.2 Å². The first-order valence-electron chi connectivity index (χ1n) is 15.5. The fourth-order valence-corrected chi connectivity index (χ4v) is 6.55. The lowest BCUT2D eigenvalue weighted by Crippen LogP contribution is -2.51. The summed E-state index contributed by atoms with van der Waals surface area (Å²) < 4.78 is 16.4. The molecular formula is C32H42N4O9S. The zero-order valence-electron chi connectivity index (χ0n) is 26.7. The van der Waals surface area contributed by atoms with E-state index in [-0.39, 0.29) is 49.2 Å². The van der Waals surface area contributed by atoms with E-state index in [0.29, 0.717) is 57.6 Å². The van der Waals surface area contributed by atoms with E-state index in [0.717, 1.165) is 15.3 Å². The number of ether oxygens (including phenoxy) is 3. The number of carbonyl (C=O) groups is 4. The first-order chi connectivity index (χ1) is 21.8. The molecule has 46 heavy (non-hydrogen) atoms. The van der Waals surface area contributed by atoms with Crippen LogP contribution in [0.5, 0.6) is 0 Å².